The minimum atomic E-state index is 0.335. The molecule has 0 amide bonds. The summed E-state index contributed by atoms with van der Waals surface area (Å²) in [6.45, 7) is 1.72. The lowest BCUT2D eigenvalue weighted by molar-refractivity contribution is -0.122. The van der Waals surface area contributed by atoms with E-state index in [9.17, 15) is 4.79 Å². The lowest BCUT2D eigenvalue weighted by Gasteiger charge is -2.31. The van der Waals surface area contributed by atoms with Crippen LogP contribution in [0.1, 0.15) is 32.6 Å². The maximum Gasteiger partial charge on any atom is 0.132 e. The van der Waals surface area contributed by atoms with Gasteiger partial charge in [0.25, 0.3) is 0 Å². The van der Waals surface area contributed by atoms with E-state index in [4.69, 9.17) is 5.73 Å². The third kappa shape index (κ3) is 1.18. The largest absolute Gasteiger partial charge is 0.327 e. The van der Waals surface area contributed by atoms with Gasteiger partial charge in [0.1, 0.15) is 5.78 Å². The Morgan fingerprint density at radius 3 is 2.17 bits per heavy atom. The number of fused-ring (bicyclic) bond motifs is 2. The first kappa shape index (κ1) is 8.24. The topological polar surface area (TPSA) is 43.1 Å². The molecule has 2 rings (SSSR count). The molecule has 2 atom stereocenters. The summed E-state index contributed by atoms with van der Waals surface area (Å²) >= 11 is 0. The first-order valence-electron chi connectivity index (χ1n) is 4.94. The van der Waals surface area contributed by atoms with E-state index in [0.29, 0.717) is 29.6 Å². The van der Waals surface area contributed by atoms with Crippen LogP contribution in [0.2, 0.25) is 0 Å². The molecule has 2 saturated carbocycles. The molecule has 0 unspecified atom stereocenters. The zero-order valence-electron chi connectivity index (χ0n) is 7.62. The van der Waals surface area contributed by atoms with Crippen LogP contribution >= 0.6 is 0 Å². The molecule has 0 aromatic carbocycles. The van der Waals surface area contributed by atoms with Crippen LogP contribution in [0.4, 0.5) is 0 Å². The monoisotopic (exact) mass is 167 g/mol. The molecule has 0 aliphatic heterocycles. The maximum absolute atomic E-state index is 11.2. The van der Waals surface area contributed by atoms with Crippen LogP contribution in [0.15, 0.2) is 0 Å². The molecule has 0 saturated heterocycles. The Kier molecular flexibility index (Phi) is 1.95. The van der Waals surface area contributed by atoms with Crippen LogP contribution in [0.5, 0.6) is 0 Å². The van der Waals surface area contributed by atoms with E-state index in [-0.39, 0.29) is 0 Å². The maximum atomic E-state index is 11.2. The van der Waals surface area contributed by atoms with Crippen molar-refractivity contribution in [3.8, 4) is 0 Å². The highest BCUT2D eigenvalue weighted by Gasteiger charge is 2.41. The first-order valence-corrected chi connectivity index (χ1v) is 4.94. The van der Waals surface area contributed by atoms with Crippen molar-refractivity contribution in [2.45, 2.75) is 38.6 Å². The number of carbonyl (C=O) groups excluding carboxylic acids is 1. The van der Waals surface area contributed by atoms with Crippen molar-refractivity contribution in [2.24, 2.45) is 23.5 Å². The van der Waals surface area contributed by atoms with Crippen LogP contribution in [-0.2, 0) is 4.79 Å². The molecule has 2 aliphatic rings. The van der Waals surface area contributed by atoms with Crippen LogP contribution < -0.4 is 5.73 Å². The number of Topliss-reactive ketones (excluding diaryl/α,β-unsaturated/α-hetero) is 1. The van der Waals surface area contributed by atoms with Crippen molar-refractivity contribution in [1.82, 2.24) is 0 Å². The van der Waals surface area contributed by atoms with E-state index in [1.54, 1.807) is 6.92 Å². The molecule has 0 spiro atoms. The van der Waals surface area contributed by atoms with Gasteiger partial charge < -0.3 is 5.73 Å². The van der Waals surface area contributed by atoms with Crippen LogP contribution in [0, 0.1) is 17.8 Å². The third-order valence-corrected chi connectivity index (χ3v) is 3.75. The summed E-state index contributed by atoms with van der Waals surface area (Å²) in [5.74, 6) is 2.01. The molecule has 2 aliphatic carbocycles. The van der Waals surface area contributed by atoms with Crippen LogP contribution in [-0.4, -0.2) is 11.8 Å². The lowest BCUT2D eigenvalue weighted by Crippen LogP contribution is -2.39. The van der Waals surface area contributed by atoms with Gasteiger partial charge in [0, 0.05) is 12.0 Å². The summed E-state index contributed by atoms with van der Waals surface area (Å²) in [6.07, 6.45) is 4.64. The van der Waals surface area contributed by atoms with Crippen LogP contribution in [0.3, 0.4) is 0 Å². The summed E-state index contributed by atoms with van der Waals surface area (Å²) < 4.78 is 0. The van der Waals surface area contributed by atoms with Gasteiger partial charge in [-0.15, -0.1) is 0 Å². The molecular formula is C10H17NO. The second-order valence-corrected chi connectivity index (χ2v) is 4.45. The lowest BCUT2D eigenvalue weighted by atomic mass is 9.76. The summed E-state index contributed by atoms with van der Waals surface area (Å²) in [5.41, 5.74) is 6.04. The molecule has 68 valence electrons. The standard InChI is InChI=1S/C10H17NO/c1-6(12)9-4-7-2-3-8(5-9)10(7)11/h7-10H,2-5,11H2,1H3/t7-,8-,9?,10?/m1/s1. The third-order valence-electron chi connectivity index (χ3n) is 3.75. The molecule has 0 radical (unpaired) electrons. The van der Waals surface area contributed by atoms with Gasteiger partial charge in [-0.2, -0.15) is 0 Å². The Morgan fingerprint density at radius 2 is 1.75 bits per heavy atom. The van der Waals surface area contributed by atoms with Gasteiger partial charge in [0.05, 0.1) is 0 Å². The minimum absolute atomic E-state index is 0.335. The first-order chi connectivity index (χ1) is 5.68. The van der Waals surface area contributed by atoms with E-state index < -0.39 is 0 Å². The second-order valence-electron chi connectivity index (χ2n) is 4.45. The van der Waals surface area contributed by atoms with Gasteiger partial charge in [-0.05, 0) is 44.4 Å². The molecule has 2 nitrogen and oxygen atoms in total. The summed E-state index contributed by atoms with van der Waals surface area (Å²) in [4.78, 5) is 11.2. The van der Waals surface area contributed by atoms with Gasteiger partial charge in [0.2, 0.25) is 0 Å². The number of nitrogens with two attached hydrogens (primary N) is 1. The molecule has 0 aromatic heterocycles. The fraction of sp³-hybridized carbons (Fsp3) is 0.900. The number of hydrogen-bond donors (Lipinski definition) is 1. The summed E-state index contributed by atoms with van der Waals surface area (Å²) in [7, 11) is 0. The SMILES string of the molecule is CC(=O)C1C[C@H]2CC[C@H](C1)C2N. The number of rotatable bonds is 1. The van der Waals surface area contributed by atoms with Crippen molar-refractivity contribution in [3.05, 3.63) is 0 Å². The predicted octanol–water partition coefficient (Wildman–Crippen LogP) is 1.34. The van der Waals surface area contributed by atoms with Gasteiger partial charge in [-0.3, -0.25) is 4.79 Å². The normalized spacial score (nSPS) is 46.2. The molecule has 12 heavy (non-hydrogen) atoms. The zero-order chi connectivity index (χ0) is 8.72. The van der Waals surface area contributed by atoms with E-state index in [0.717, 1.165) is 12.8 Å². The number of hydrogen-bond acceptors (Lipinski definition) is 2. The molecule has 2 N–H and O–H groups in total. The fourth-order valence-electron chi connectivity index (χ4n) is 2.91. The molecule has 2 bridgehead atoms. The smallest absolute Gasteiger partial charge is 0.132 e. The quantitative estimate of drug-likeness (QED) is 0.640. The molecular weight excluding hydrogens is 150 g/mol. The Balaban J connectivity index is 2.07. The average Bonchev–Trinajstić information content (AvgIpc) is 2.30. The van der Waals surface area contributed by atoms with Gasteiger partial charge in [-0.25, -0.2) is 0 Å². The molecule has 0 heterocycles. The minimum Gasteiger partial charge on any atom is -0.327 e. The van der Waals surface area contributed by atoms with Crippen LogP contribution in [0.25, 0.3) is 0 Å². The Labute approximate surface area is 73.5 Å². The highest BCUT2D eigenvalue weighted by molar-refractivity contribution is 5.78. The highest BCUT2D eigenvalue weighted by atomic mass is 16.1. The van der Waals surface area contributed by atoms with Gasteiger partial charge >= 0.3 is 0 Å². The Morgan fingerprint density at radius 1 is 1.25 bits per heavy atom. The average molecular weight is 167 g/mol. The second kappa shape index (κ2) is 2.84. The van der Waals surface area contributed by atoms with Crippen molar-refractivity contribution < 1.29 is 4.79 Å². The number of carbonyl (C=O) groups is 1. The summed E-state index contributed by atoms with van der Waals surface area (Å²) in [5, 5.41) is 0. The Bertz CT molecular complexity index is 188. The fourth-order valence-corrected chi connectivity index (χ4v) is 2.91. The highest BCUT2D eigenvalue weighted by Crippen LogP contribution is 2.43. The van der Waals surface area contributed by atoms with Crippen molar-refractivity contribution >= 4 is 5.78 Å². The van der Waals surface area contributed by atoms with E-state index in [1.807, 2.05) is 0 Å². The van der Waals surface area contributed by atoms with Crippen molar-refractivity contribution in [2.75, 3.05) is 0 Å². The molecule has 2 heteroatoms. The zero-order valence-corrected chi connectivity index (χ0v) is 7.62. The Hall–Kier alpha value is -0.370. The molecule has 2 fully saturated rings. The van der Waals surface area contributed by atoms with Gasteiger partial charge in [0.15, 0.2) is 0 Å². The van der Waals surface area contributed by atoms with Crippen molar-refractivity contribution in [1.29, 1.82) is 0 Å². The number of ketones is 1. The van der Waals surface area contributed by atoms with Gasteiger partial charge in [-0.1, -0.05) is 0 Å². The van der Waals surface area contributed by atoms with E-state index in [2.05, 4.69) is 0 Å². The van der Waals surface area contributed by atoms with Crippen molar-refractivity contribution in [3.63, 3.8) is 0 Å². The summed E-state index contributed by atoms with van der Waals surface area (Å²) in [6, 6.07) is 0.403. The van der Waals surface area contributed by atoms with E-state index >= 15 is 0 Å². The predicted molar refractivity (Wildman–Crippen MR) is 47.6 cm³/mol. The molecule has 0 aromatic rings. The van der Waals surface area contributed by atoms with E-state index in [1.165, 1.54) is 12.8 Å².